The number of amides is 1. The normalized spacial score (nSPS) is 13.5. The van der Waals surface area contributed by atoms with Gasteiger partial charge in [-0.3, -0.25) is 4.79 Å². The van der Waals surface area contributed by atoms with Crippen LogP contribution in [-0.4, -0.2) is 36.6 Å². The van der Waals surface area contributed by atoms with Gasteiger partial charge in [-0.05, 0) is 30.5 Å². The van der Waals surface area contributed by atoms with Gasteiger partial charge in [-0.15, -0.1) is 11.3 Å². The number of carbonyl (C=O) groups excluding carboxylic acids is 1. The van der Waals surface area contributed by atoms with Crippen molar-refractivity contribution < 1.29 is 9.90 Å². The van der Waals surface area contributed by atoms with Crippen LogP contribution in [-0.2, 0) is 5.60 Å². The smallest absolute Gasteiger partial charge is 0.255 e. The zero-order valence-electron chi connectivity index (χ0n) is 12.3. The number of anilines is 1. The van der Waals surface area contributed by atoms with Gasteiger partial charge in [0, 0.05) is 25.2 Å². The van der Waals surface area contributed by atoms with E-state index in [2.05, 4.69) is 10.3 Å². The van der Waals surface area contributed by atoms with E-state index in [-0.39, 0.29) is 12.5 Å². The van der Waals surface area contributed by atoms with E-state index in [1.54, 1.807) is 30.2 Å². The molecule has 2 N–H and O–H groups in total. The van der Waals surface area contributed by atoms with Crippen LogP contribution in [0.5, 0.6) is 0 Å². The van der Waals surface area contributed by atoms with Gasteiger partial charge in [-0.2, -0.15) is 0 Å². The number of rotatable bonds is 5. The third-order valence-electron chi connectivity index (χ3n) is 3.10. The summed E-state index contributed by atoms with van der Waals surface area (Å²) in [7, 11) is 3.67. The monoisotopic (exact) mass is 305 g/mol. The molecule has 112 valence electrons. The molecule has 2 aromatic heterocycles. The van der Waals surface area contributed by atoms with Crippen molar-refractivity contribution in [2.45, 2.75) is 12.5 Å². The summed E-state index contributed by atoms with van der Waals surface area (Å²) in [4.78, 5) is 19.1. The Morgan fingerprint density at radius 2 is 2.19 bits per heavy atom. The van der Waals surface area contributed by atoms with Crippen LogP contribution in [0.3, 0.4) is 0 Å². The Kier molecular flexibility index (Phi) is 4.59. The van der Waals surface area contributed by atoms with Crippen LogP contribution < -0.4 is 10.2 Å². The summed E-state index contributed by atoms with van der Waals surface area (Å²) in [6.45, 7) is 1.84. The van der Waals surface area contributed by atoms with Gasteiger partial charge >= 0.3 is 0 Å². The number of hydrogen-bond donors (Lipinski definition) is 2. The zero-order valence-corrected chi connectivity index (χ0v) is 13.1. The molecule has 0 saturated carbocycles. The maximum atomic E-state index is 12.3. The van der Waals surface area contributed by atoms with Crippen LogP contribution >= 0.6 is 11.3 Å². The molecule has 2 aromatic rings. The van der Waals surface area contributed by atoms with Crippen molar-refractivity contribution in [1.29, 1.82) is 0 Å². The summed E-state index contributed by atoms with van der Waals surface area (Å²) in [5, 5.41) is 15.1. The van der Waals surface area contributed by atoms with Crippen LogP contribution in [0, 0.1) is 0 Å². The lowest BCUT2D eigenvalue weighted by Crippen LogP contribution is -2.38. The number of thiophene rings is 1. The van der Waals surface area contributed by atoms with E-state index in [1.165, 1.54) is 11.3 Å². The van der Waals surface area contributed by atoms with E-state index in [0.29, 0.717) is 11.4 Å². The fourth-order valence-corrected chi connectivity index (χ4v) is 2.74. The highest BCUT2D eigenvalue weighted by Gasteiger charge is 2.25. The molecule has 5 nitrogen and oxygen atoms in total. The minimum atomic E-state index is -1.08. The van der Waals surface area contributed by atoms with Crippen molar-refractivity contribution in [3.8, 4) is 0 Å². The van der Waals surface area contributed by atoms with Gasteiger partial charge in [-0.25, -0.2) is 4.98 Å². The maximum Gasteiger partial charge on any atom is 0.255 e. The molecule has 6 heteroatoms. The Bertz CT molecular complexity index is 609. The molecule has 0 saturated heterocycles. The molecule has 0 aromatic carbocycles. The van der Waals surface area contributed by atoms with Gasteiger partial charge in [0.1, 0.15) is 11.4 Å². The second-order valence-corrected chi connectivity index (χ2v) is 6.15. The molecule has 0 fully saturated rings. The highest BCUT2D eigenvalue weighted by atomic mass is 32.1. The molecule has 0 aliphatic rings. The second kappa shape index (κ2) is 6.24. The molecule has 1 unspecified atom stereocenters. The van der Waals surface area contributed by atoms with Gasteiger partial charge in [0.05, 0.1) is 12.1 Å². The first-order valence-corrected chi connectivity index (χ1v) is 7.46. The first-order chi connectivity index (χ1) is 9.92. The number of pyridine rings is 1. The van der Waals surface area contributed by atoms with Crippen LogP contribution in [0.2, 0.25) is 0 Å². The zero-order chi connectivity index (χ0) is 15.5. The summed E-state index contributed by atoms with van der Waals surface area (Å²) in [6.07, 6.45) is 1.65. The molecule has 1 atom stereocenters. The number of carbonyl (C=O) groups is 1. The van der Waals surface area contributed by atoms with Crippen molar-refractivity contribution in [1.82, 2.24) is 10.3 Å². The number of nitrogens with one attached hydrogen (secondary N) is 1. The number of hydrogen-bond acceptors (Lipinski definition) is 5. The Hall–Kier alpha value is -1.92. The van der Waals surface area contributed by atoms with E-state index >= 15 is 0 Å². The predicted molar refractivity (Wildman–Crippen MR) is 84.8 cm³/mol. The van der Waals surface area contributed by atoms with E-state index in [4.69, 9.17) is 0 Å². The first kappa shape index (κ1) is 15.5. The third-order valence-corrected chi connectivity index (χ3v) is 4.22. The Balaban J connectivity index is 2.09. The Labute approximate surface area is 128 Å². The summed E-state index contributed by atoms with van der Waals surface area (Å²) >= 11 is 1.46. The molecule has 2 heterocycles. The van der Waals surface area contributed by atoms with Crippen LogP contribution in [0.1, 0.15) is 22.2 Å². The average molecular weight is 305 g/mol. The molecule has 1 amide bonds. The molecule has 21 heavy (non-hydrogen) atoms. The topological polar surface area (TPSA) is 65.5 Å². The molecular weight excluding hydrogens is 286 g/mol. The highest BCUT2D eigenvalue weighted by molar-refractivity contribution is 7.10. The number of nitrogens with zero attached hydrogens (tertiary/aromatic N) is 2. The number of aliphatic hydroxyl groups is 1. The van der Waals surface area contributed by atoms with Crippen LogP contribution in [0.15, 0.2) is 35.8 Å². The predicted octanol–water partition coefficient (Wildman–Crippen LogP) is 1.85. The SMILES string of the molecule is CN(C)c1ncccc1C(=O)NCC(C)(O)c1cccs1. The fourth-order valence-electron chi connectivity index (χ4n) is 1.95. The van der Waals surface area contributed by atoms with Crippen molar-refractivity contribution in [3.05, 3.63) is 46.3 Å². The molecule has 0 spiro atoms. The van der Waals surface area contributed by atoms with E-state index in [0.717, 1.165) is 4.88 Å². The van der Waals surface area contributed by atoms with Crippen LogP contribution in [0.4, 0.5) is 5.82 Å². The van der Waals surface area contributed by atoms with E-state index in [1.807, 2.05) is 31.6 Å². The first-order valence-electron chi connectivity index (χ1n) is 6.59. The molecule has 0 radical (unpaired) electrons. The summed E-state index contributed by atoms with van der Waals surface area (Å²) in [5.74, 6) is 0.356. The van der Waals surface area contributed by atoms with Gasteiger partial charge in [0.15, 0.2) is 0 Å². The molecular formula is C15H19N3O2S. The quantitative estimate of drug-likeness (QED) is 0.885. The van der Waals surface area contributed by atoms with Gasteiger partial charge in [0.2, 0.25) is 0 Å². The standard InChI is InChI=1S/C15H19N3O2S/c1-15(20,12-7-5-9-21-12)10-17-14(19)11-6-4-8-16-13(11)18(2)3/h4-9,20H,10H2,1-3H3,(H,17,19). The van der Waals surface area contributed by atoms with E-state index < -0.39 is 5.60 Å². The van der Waals surface area contributed by atoms with Gasteiger partial charge in [0.25, 0.3) is 5.91 Å². The lowest BCUT2D eigenvalue weighted by atomic mass is 10.1. The van der Waals surface area contributed by atoms with Gasteiger partial charge < -0.3 is 15.3 Å². The van der Waals surface area contributed by atoms with Crippen molar-refractivity contribution in [2.75, 3.05) is 25.5 Å². The lowest BCUT2D eigenvalue weighted by Gasteiger charge is -2.23. The van der Waals surface area contributed by atoms with Gasteiger partial charge in [-0.1, -0.05) is 6.07 Å². The maximum absolute atomic E-state index is 12.3. The largest absolute Gasteiger partial charge is 0.383 e. The summed E-state index contributed by atoms with van der Waals surface area (Å²) in [5.41, 5.74) is -0.589. The Morgan fingerprint density at radius 3 is 2.81 bits per heavy atom. The highest BCUT2D eigenvalue weighted by Crippen LogP contribution is 2.24. The molecule has 0 aliphatic heterocycles. The fraction of sp³-hybridized carbons (Fsp3) is 0.333. The third kappa shape index (κ3) is 3.59. The Morgan fingerprint density at radius 1 is 1.43 bits per heavy atom. The molecule has 0 bridgehead atoms. The number of aromatic nitrogens is 1. The molecule has 2 rings (SSSR count). The lowest BCUT2D eigenvalue weighted by molar-refractivity contribution is 0.0557. The summed E-state index contributed by atoms with van der Waals surface area (Å²) in [6, 6.07) is 7.17. The molecule has 0 aliphatic carbocycles. The minimum absolute atomic E-state index is 0.147. The van der Waals surface area contributed by atoms with Crippen molar-refractivity contribution >= 4 is 23.1 Å². The minimum Gasteiger partial charge on any atom is -0.383 e. The summed E-state index contributed by atoms with van der Waals surface area (Å²) < 4.78 is 0. The van der Waals surface area contributed by atoms with Crippen molar-refractivity contribution in [3.63, 3.8) is 0 Å². The average Bonchev–Trinajstić information content (AvgIpc) is 3.00. The van der Waals surface area contributed by atoms with Crippen molar-refractivity contribution in [2.24, 2.45) is 0 Å². The second-order valence-electron chi connectivity index (χ2n) is 5.20. The van der Waals surface area contributed by atoms with E-state index in [9.17, 15) is 9.90 Å². The van der Waals surface area contributed by atoms with Crippen LogP contribution in [0.25, 0.3) is 0 Å².